The van der Waals surface area contributed by atoms with Crippen molar-refractivity contribution in [1.29, 1.82) is 0 Å². The summed E-state index contributed by atoms with van der Waals surface area (Å²) in [7, 11) is 1.59. The minimum absolute atomic E-state index is 0.0554. The Kier molecular flexibility index (Phi) is 5.02. The van der Waals surface area contributed by atoms with E-state index in [-0.39, 0.29) is 11.7 Å². The van der Waals surface area contributed by atoms with Crippen LogP contribution < -0.4 is 15.4 Å². The summed E-state index contributed by atoms with van der Waals surface area (Å²) in [6.45, 7) is 9.63. The topological polar surface area (TPSA) is 55.6 Å². The number of nitrogens with two attached hydrogens (primary N) is 1. The van der Waals surface area contributed by atoms with E-state index < -0.39 is 0 Å². The number of nitrogen functional groups attached to an aromatic ring is 1. The number of carbonyl (C=O) groups is 1. The van der Waals surface area contributed by atoms with Crippen molar-refractivity contribution in [2.45, 2.75) is 27.7 Å². The van der Waals surface area contributed by atoms with E-state index in [9.17, 15) is 4.79 Å². The van der Waals surface area contributed by atoms with Crippen molar-refractivity contribution < 1.29 is 9.53 Å². The maximum atomic E-state index is 12.1. The van der Waals surface area contributed by atoms with Gasteiger partial charge in [0.15, 0.2) is 11.5 Å². The summed E-state index contributed by atoms with van der Waals surface area (Å²) >= 11 is 1.43. The summed E-state index contributed by atoms with van der Waals surface area (Å²) < 4.78 is 5.36. The maximum Gasteiger partial charge on any atom is 0.177 e. The zero-order chi connectivity index (χ0) is 13.9. The van der Waals surface area contributed by atoms with Gasteiger partial charge in [-0.3, -0.25) is 4.79 Å². The van der Waals surface area contributed by atoms with Crippen LogP contribution in [0.3, 0.4) is 0 Å². The van der Waals surface area contributed by atoms with Crippen LogP contribution in [0.4, 0.5) is 10.7 Å². The average Bonchev–Trinajstić information content (AvgIpc) is 2.67. The molecule has 18 heavy (non-hydrogen) atoms. The molecular weight excluding hydrogens is 248 g/mol. The van der Waals surface area contributed by atoms with Crippen LogP contribution in [-0.4, -0.2) is 26.0 Å². The Balaban J connectivity index is 3.29. The fourth-order valence-electron chi connectivity index (χ4n) is 1.78. The number of Topliss-reactive ketones (excluding diaryl/α,β-unsaturated/α-hetero) is 1. The van der Waals surface area contributed by atoms with E-state index in [0.29, 0.717) is 16.3 Å². The second-order valence-corrected chi connectivity index (χ2v) is 5.37. The number of nitrogens with zero attached hydrogens (tertiary/aromatic N) is 1. The van der Waals surface area contributed by atoms with Crippen LogP contribution >= 0.6 is 11.3 Å². The molecule has 0 saturated heterocycles. The number of rotatable bonds is 6. The van der Waals surface area contributed by atoms with Gasteiger partial charge in [0.2, 0.25) is 0 Å². The second-order valence-electron chi connectivity index (χ2n) is 4.37. The molecular formula is C13H22N2O2S. The molecule has 0 unspecified atom stereocenters. The van der Waals surface area contributed by atoms with Crippen molar-refractivity contribution in [3.8, 4) is 5.75 Å². The number of anilines is 2. The first kappa shape index (κ1) is 14.8. The molecule has 0 saturated carbocycles. The van der Waals surface area contributed by atoms with Gasteiger partial charge in [0.05, 0.1) is 17.7 Å². The first-order valence-corrected chi connectivity index (χ1v) is 7.04. The normalized spacial score (nSPS) is 10.8. The summed E-state index contributed by atoms with van der Waals surface area (Å²) in [6, 6.07) is 0. The fourth-order valence-corrected chi connectivity index (χ4v) is 3.18. The molecule has 0 aliphatic heterocycles. The summed E-state index contributed by atoms with van der Waals surface area (Å²) in [5, 5.41) is 0.948. The highest BCUT2D eigenvalue weighted by Crippen LogP contribution is 2.45. The number of methoxy groups -OCH3 is 1. The molecule has 2 N–H and O–H groups in total. The summed E-state index contributed by atoms with van der Waals surface area (Å²) in [4.78, 5) is 14.9. The minimum Gasteiger partial charge on any atom is -0.492 e. The van der Waals surface area contributed by atoms with Gasteiger partial charge in [0.1, 0.15) is 5.00 Å². The van der Waals surface area contributed by atoms with Crippen LogP contribution in [0.15, 0.2) is 0 Å². The Hall–Kier alpha value is -1.23. The van der Waals surface area contributed by atoms with E-state index in [0.717, 1.165) is 18.1 Å². The third-order valence-electron chi connectivity index (χ3n) is 2.89. The van der Waals surface area contributed by atoms with E-state index in [1.807, 2.05) is 13.8 Å². The van der Waals surface area contributed by atoms with E-state index in [4.69, 9.17) is 10.5 Å². The molecule has 0 aliphatic rings. The molecule has 0 aliphatic carbocycles. The molecule has 1 rings (SSSR count). The van der Waals surface area contributed by atoms with E-state index in [2.05, 4.69) is 18.7 Å². The van der Waals surface area contributed by atoms with Gasteiger partial charge in [-0.1, -0.05) is 13.8 Å². The molecule has 0 aromatic carbocycles. The lowest BCUT2D eigenvalue weighted by molar-refractivity contribution is 0.0944. The number of carbonyl (C=O) groups excluding carboxylic acids is 1. The fraction of sp³-hybridized carbons (Fsp3) is 0.615. The van der Waals surface area contributed by atoms with E-state index in [1.54, 1.807) is 7.11 Å². The maximum absolute atomic E-state index is 12.1. The largest absolute Gasteiger partial charge is 0.492 e. The van der Waals surface area contributed by atoms with Crippen molar-refractivity contribution in [2.24, 2.45) is 5.92 Å². The number of hydrogen-bond acceptors (Lipinski definition) is 5. The lowest BCUT2D eigenvalue weighted by atomic mass is 10.1. The Bertz CT molecular complexity index is 423. The Labute approximate surface area is 113 Å². The standard InChI is InChI=1S/C13H22N2O2S/c1-6-15(7-2)13-11(17-5)9(14)12(18-13)10(16)8(3)4/h8H,6-7,14H2,1-5H3. The SMILES string of the molecule is CCN(CC)c1sc(C(=O)C(C)C)c(N)c1OC. The number of ether oxygens (including phenoxy) is 1. The van der Waals surface area contributed by atoms with Gasteiger partial charge in [-0.25, -0.2) is 0 Å². The Morgan fingerprint density at radius 1 is 1.39 bits per heavy atom. The van der Waals surface area contributed by atoms with E-state index >= 15 is 0 Å². The highest BCUT2D eigenvalue weighted by molar-refractivity contribution is 7.19. The first-order chi connectivity index (χ1) is 8.47. The molecule has 0 spiro atoms. The lowest BCUT2D eigenvalue weighted by Gasteiger charge is -2.19. The van der Waals surface area contributed by atoms with Gasteiger partial charge in [0.25, 0.3) is 0 Å². The van der Waals surface area contributed by atoms with Crippen molar-refractivity contribution in [3.63, 3.8) is 0 Å². The molecule has 4 nitrogen and oxygen atoms in total. The molecule has 0 fully saturated rings. The first-order valence-electron chi connectivity index (χ1n) is 6.23. The summed E-state index contributed by atoms with van der Waals surface area (Å²) in [6.07, 6.45) is 0. The van der Waals surface area contributed by atoms with Crippen LogP contribution in [0.1, 0.15) is 37.4 Å². The number of thiophene rings is 1. The average molecular weight is 270 g/mol. The van der Waals surface area contributed by atoms with Crippen molar-refractivity contribution in [2.75, 3.05) is 30.8 Å². The predicted molar refractivity (Wildman–Crippen MR) is 78.0 cm³/mol. The third-order valence-corrected chi connectivity index (χ3v) is 4.15. The lowest BCUT2D eigenvalue weighted by Crippen LogP contribution is -2.21. The minimum atomic E-state index is -0.0554. The highest BCUT2D eigenvalue weighted by atomic mass is 32.1. The molecule has 0 bridgehead atoms. The van der Waals surface area contributed by atoms with E-state index in [1.165, 1.54) is 11.3 Å². The van der Waals surface area contributed by atoms with Crippen molar-refractivity contribution in [1.82, 2.24) is 0 Å². The zero-order valence-corrected chi connectivity index (χ0v) is 12.6. The molecule has 0 radical (unpaired) electrons. The van der Waals surface area contributed by atoms with Gasteiger partial charge in [-0.05, 0) is 13.8 Å². The molecule has 0 amide bonds. The highest BCUT2D eigenvalue weighted by Gasteiger charge is 2.25. The van der Waals surface area contributed by atoms with Crippen LogP contribution in [0.2, 0.25) is 0 Å². The van der Waals surface area contributed by atoms with Crippen molar-refractivity contribution in [3.05, 3.63) is 4.88 Å². The van der Waals surface area contributed by atoms with Gasteiger partial charge in [0, 0.05) is 19.0 Å². The smallest absolute Gasteiger partial charge is 0.177 e. The van der Waals surface area contributed by atoms with Crippen LogP contribution in [0.5, 0.6) is 5.75 Å². The molecule has 1 heterocycles. The Morgan fingerprint density at radius 2 is 1.94 bits per heavy atom. The van der Waals surface area contributed by atoms with Crippen LogP contribution in [-0.2, 0) is 0 Å². The van der Waals surface area contributed by atoms with Crippen LogP contribution in [0.25, 0.3) is 0 Å². The Morgan fingerprint density at radius 3 is 2.33 bits per heavy atom. The molecule has 102 valence electrons. The van der Waals surface area contributed by atoms with Gasteiger partial charge >= 0.3 is 0 Å². The third kappa shape index (κ3) is 2.61. The van der Waals surface area contributed by atoms with Gasteiger partial charge in [-0.2, -0.15) is 0 Å². The molecule has 0 atom stereocenters. The summed E-state index contributed by atoms with van der Waals surface area (Å²) in [5.74, 6) is 0.655. The second kappa shape index (κ2) is 6.09. The number of hydrogen-bond donors (Lipinski definition) is 1. The quantitative estimate of drug-likeness (QED) is 0.807. The molecule has 1 aromatic heterocycles. The van der Waals surface area contributed by atoms with Gasteiger partial charge < -0.3 is 15.4 Å². The van der Waals surface area contributed by atoms with Crippen LogP contribution in [0, 0.1) is 5.92 Å². The zero-order valence-electron chi connectivity index (χ0n) is 11.7. The molecule has 1 aromatic rings. The monoisotopic (exact) mass is 270 g/mol. The summed E-state index contributed by atoms with van der Waals surface area (Å²) in [5.41, 5.74) is 6.51. The predicted octanol–water partition coefficient (Wildman–Crippen LogP) is 3.02. The van der Waals surface area contributed by atoms with Crippen molar-refractivity contribution >= 4 is 27.8 Å². The van der Waals surface area contributed by atoms with Gasteiger partial charge in [-0.15, -0.1) is 11.3 Å². The molecule has 5 heteroatoms. The number of ketones is 1.